The van der Waals surface area contributed by atoms with Gasteiger partial charge in [0, 0.05) is 23.9 Å². The van der Waals surface area contributed by atoms with Crippen molar-refractivity contribution in [3.8, 4) is 0 Å². The van der Waals surface area contributed by atoms with Crippen molar-refractivity contribution in [2.75, 3.05) is 0 Å². The van der Waals surface area contributed by atoms with Crippen molar-refractivity contribution < 1.29 is 4.79 Å². The maximum absolute atomic E-state index is 12.5. The predicted octanol–water partition coefficient (Wildman–Crippen LogP) is 3.79. The Morgan fingerprint density at radius 2 is 2.18 bits per heavy atom. The Morgan fingerprint density at radius 1 is 1.41 bits per heavy atom. The number of carbonyl (C=O) groups excluding carboxylic acids is 1. The monoisotopic (exact) mass is 231 g/mol. The number of rotatable bonds is 3. The number of aryl methyl sites for hydroxylation is 1. The van der Waals surface area contributed by atoms with Crippen molar-refractivity contribution in [1.29, 1.82) is 0 Å². The Kier molecular flexibility index (Phi) is 3.93. The van der Waals surface area contributed by atoms with E-state index in [9.17, 15) is 4.79 Å². The smallest absolute Gasteiger partial charge is 0.168 e. The summed E-state index contributed by atoms with van der Waals surface area (Å²) in [4.78, 5) is 16.6. The van der Waals surface area contributed by atoms with Crippen molar-refractivity contribution in [1.82, 2.24) is 4.98 Å². The minimum atomic E-state index is 0.233. The lowest BCUT2D eigenvalue weighted by atomic mass is 9.74. The van der Waals surface area contributed by atoms with Crippen molar-refractivity contribution in [2.24, 2.45) is 11.8 Å². The molecule has 0 N–H and O–H groups in total. The molecule has 0 aromatic carbocycles. The summed E-state index contributed by atoms with van der Waals surface area (Å²) in [7, 11) is 0. The Morgan fingerprint density at radius 3 is 2.88 bits per heavy atom. The summed E-state index contributed by atoms with van der Waals surface area (Å²) < 4.78 is 0. The molecule has 2 atom stereocenters. The minimum Gasteiger partial charge on any atom is -0.294 e. The number of nitrogens with zero attached hydrogens (tertiary/aromatic N) is 1. The highest BCUT2D eigenvalue weighted by Gasteiger charge is 2.30. The number of pyridine rings is 1. The number of ketones is 1. The molecule has 0 spiro atoms. The van der Waals surface area contributed by atoms with Gasteiger partial charge in [-0.15, -0.1) is 0 Å². The van der Waals surface area contributed by atoms with Gasteiger partial charge in [-0.25, -0.2) is 0 Å². The van der Waals surface area contributed by atoms with Crippen LogP contribution in [-0.4, -0.2) is 10.8 Å². The molecule has 0 saturated heterocycles. The van der Waals surface area contributed by atoms with Crippen LogP contribution < -0.4 is 0 Å². The zero-order valence-corrected chi connectivity index (χ0v) is 10.8. The molecule has 0 bridgehead atoms. The SMILES string of the molecule is CCC1CCCCC1C(=O)c1cnccc1C. The van der Waals surface area contributed by atoms with Crippen LogP contribution >= 0.6 is 0 Å². The molecule has 1 heterocycles. The molecular formula is C15H21NO. The molecular weight excluding hydrogens is 210 g/mol. The highest BCUT2D eigenvalue weighted by molar-refractivity contribution is 5.99. The van der Waals surface area contributed by atoms with Crippen LogP contribution in [0.2, 0.25) is 0 Å². The van der Waals surface area contributed by atoms with Gasteiger partial charge < -0.3 is 0 Å². The van der Waals surface area contributed by atoms with E-state index >= 15 is 0 Å². The maximum Gasteiger partial charge on any atom is 0.168 e. The lowest BCUT2D eigenvalue weighted by Gasteiger charge is -2.29. The molecule has 2 rings (SSSR count). The first-order chi connectivity index (χ1) is 8.24. The summed E-state index contributed by atoms with van der Waals surface area (Å²) in [6.07, 6.45) is 9.37. The normalized spacial score (nSPS) is 24.6. The summed E-state index contributed by atoms with van der Waals surface area (Å²) in [5, 5.41) is 0. The average molecular weight is 231 g/mol. The van der Waals surface area contributed by atoms with Gasteiger partial charge in [0.05, 0.1) is 0 Å². The van der Waals surface area contributed by atoms with Crippen LogP contribution in [-0.2, 0) is 0 Å². The maximum atomic E-state index is 12.5. The molecule has 92 valence electrons. The van der Waals surface area contributed by atoms with Crippen LogP contribution in [0.1, 0.15) is 54.9 Å². The molecule has 2 nitrogen and oxygen atoms in total. The van der Waals surface area contributed by atoms with Crippen LogP contribution in [0, 0.1) is 18.8 Å². The first-order valence-electron chi connectivity index (χ1n) is 6.69. The minimum absolute atomic E-state index is 0.233. The van der Waals surface area contributed by atoms with E-state index in [1.807, 2.05) is 13.0 Å². The number of Topliss-reactive ketones (excluding diaryl/α,β-unsaturated/α-hetero) is 1. The van der Waals surface area contributed by atoms with Gasteiger partial charge in [0.1, 0.15) is 0 Å². The van der Waals surface area contributed by atoms with Crippen molar-refractivity contribution >= 4 is 5.78 Å². The third-order valence-electron chi connectivity index (χ3n) is 4.07. The van der Waals surface area contributed by atoms with Crippen LogP contribution in [0.15, 0.2) is 18.5 Å². The van der Waals surface area contributed by atoms with Gasteiger partial charge in [-0.3, -0.25) is 9.78 Å². The van der Waals surface area contributed by atoms with Gasteiger partial charge in [0.2, 0.25) is 0 Å². The topological polar surface area (TPSA) is 30.0 Å². The van der Waals surface area contributed by atoms with Gasteiger partial charge in [0.15, 0.2) is 5.78 Å². The first-order valence-corrected chi connectivity index (χ1v) is 6.69. The fourth-order valence-corrected chi connectivity index (χ4v) is 2.96. The van der Waals surface area contributed by atoms with E-state index in [1.165, 1.54) is 19.3 Å². The fourth-order valence-electron chi connectivity index (χ4n) is 2.96. The molecule has 2 unspecified atom stereocenters. The summed E-state index contributed by atoms with van der Waals surface area (Å²) in [6.45, 7) is 4.20. The Balaban J connectivity index is 2.21. The lowest BCUT2D eigenvalue weighted by molar-refractivity contribution is 0.0819. The highest BCUT2D eigenvalue weighted by atomic mass is 16.1. The molecule has 1 aromatic rings. The van der Waals surface area contributed by atoms with Gasteiger partial charge in [-0.2, -0.15) is 0 Å². The molecule has 0 aliphatic heterocycles. The van der Waals surface area contributed by atoms with E-state index in [2.05, 4.69) is 11.9 Å². The van der Waals surface area contributed by atoms with E-state index in [-0.39, 0.29) is 5.92 Å². The molecule has 1 aliphatic rings. The summed E-state index contributed by atoms with van der Waals surface area (Å²) in [5.41, 5.74) is 1.89. The van der Waals surface area contributed by atoms with Gasteiger partial charge >= 0.3 is 0 Å². The Labute approximate surface area is 103 Å². The summed E-state index contributed by atoms with van der Waals surface area (Å²) in [6, 6.07) is 1.93. The second-order valence-corrected chi connectivity index (χ2v) is 5.11. The Bertz CT molecular complexity index is 400. The van der Waals surface area contributed by atoms with Crippen LogP contribution in [0.5, 0.6) is 0 Å². The zero-order valence-electron chi connectivity index (χ0n) is 10.8. The number of carbonyl (C=O) groups is 1. The van der Waals surface area contributed by atoms with Gasteiger partial charge in [0.25, 0.3) is 0 Å². The number of hydrogen-bond donors (Lipinski definition) is 0. The van der Waals surface area contributed by atoms with Crippen LogP contribution in [0.25, 0.3) is 0 Å². The van der Waals surface area contributed by atoms with Gasteiger partial charge in [-0.1, -0.05) is 26.2 Å². The zero-order chi connectivity index (χ0) is 12.3. The molecule has 2 heteroatoms. The van der Waals surface area contributed by atoms with E-state index < -0.39 is 0 Å². The van der Waals surface area contributed by atoms with E-state index in [4.69, 9.17) is 0 Å². The third-order valence-corrected chi connectivity index (χ3v) is 4.07. The summed E-state index contributed by atoms with van der Waals surface area (Å²) >= 11 is 0. The molecule has 0 radical (unpaired) electrons. The quantitative estimate of drug-likeness (QED) is 0.741. The van der Waals surface area contributed by atoms with Crippen LogP contribution in [0.3, 0.4) is 0 Å². The molecule has 0 amide bonds. The van der Waals surface area contributed by atoms with Crippen LogP contribution in [0.4, 0.5) is 0 Å². The molecule has 1 fully saturated rings. The second kappa shape index (κ2) is 5.44. The van der Waals surface area contributed by atoms with E-state index in [1.54, 1.807) is 12.4 Å². The number of hydrogen-bond acceptors (Lipinski definition) is 2. The molecule has 1 saturated carbocycles. The second-order valence-electron chi connectivity index (χ2n) is 5.11. The largest absolute Gasteiger partial charge is 0.294 e. The van der Waals surface area contributed by atoms with E-state index in [0.717, 1.165) is 24.0 Å². The summed E-state index contributed by atoms with van der Waals surface area (Å²) in [5.74, 6) is 1.13. The van der Waals surface area contributed by atoms with Crippen molar-refractivity contribution in [3.63, 3.8) is 0 Å². The number of aromatic nitrogens is 1. The molecule has 17 heavy (non-hydrogen) atoms. The van der Waals surface area contributed by atoms with E-state index in [0.29, 0.717) is 11.7 Å². The standard InChI is InChI=1S/C15H21NO/c1-3-12-6-4-5-7-13(12)15(17)14-10-16-9-8-11(14)2/h8-10,12-13H,3-7H2,1-2H3. The fraction of sp³-hybridized carbons (Fsp3) is 0.600. The average Bonchev–Trinajstić information content (AvgIpc) is 2.38. The van der Waals surface area contributed by atoms with Crippen molar-refractivity contribution in [2.45, 2.75) is 46.0 Å². The molecule has 1 aromatic heterocycles. The van der Waals surface area contributed by atoms with Gasteiger partial charge in [-0.05, 0) is 37.3 Å². The first kappa shape index (κ1) is 12.3. The highest BCUT2D eigenvalue weighted by Crippen LogP contribution is 2.34. The Hall–Kier alpha value is -1.18. The van der Waals surface area contributed by atoms with Crippen molar-refractivity contribution in [3.05, 3.63) is 29.6 Å². The molecule has 1 aliphatic carbocycles. The third kappa shape index (κ3) is 2.56. The predicted molar refractivity (Wildman–Crippen MR) is 69.0 cm³/mol. The lowest BCUT2D eigenvalue weighted by Crippen LogP contribution is -2.27.